The zero-order valence-electron chi connectivity index (χ0n) is 14.9. The summed E-state index contributed by atoms with van der Waals surface area (Å²) in [7, 11) is 0. The van der Waals surface area contributed by atoms with Crippen molar-refractivity contribution in [1.29, 1.82) is 0 Å². The molecule has 0 saturated heterocycles. The summed E-state index contributed by atoms with van der Waals surface area (Å²) >= 11 is 0. The molecule has 2 rings (SSSR count). The summed E-state index contributed by atoms with van der Waals surface area (Å²) in [6, 6.07) is 0.0160. The van der Waals surface area contributed by atoms with E-state index in [9.17, 15) is 4.79 Å². The van der Waals surface area contributed by atoms with Crippen molar-refractivity contribution in [1.82, 2.24) is 24.6 Å². The molecule has 0 aliphatic heterocycles. The zero-order valence-corrected chi connectivity index (χ0v) is 14.9. The van der Waals surface area contributed by atoms with E-state index in [2.05, 4.69) is 36.2 Å². The quantitative estimate of drug-likeness (QED) is 0.920. The second-order valence-electron chi connectivity index (χ2n) is 7.20. The van der Waals surface area contributed by atoms with E-state index in [4.69, 9.17) is 0 Å². The third-order valence-electron chi connectivity index (χ3n) is 4.37. The van der Waals surface area contributed by atoms with E-state index < -0.39 is 0 Å². The fourth-order valence-electron chi connectivity index (χ4n) is 2.46. The van der Waals surface area contributed by atoms with Crippen LogP contribution in [0.5, 0.6) is 0 Å². The van der Waals surface area contributed by atoms with Gasteiger partial charge in [-0.1, -0.05) is 20.8 Å². The first-order chi connectivity index (χ1) is 10.7. The molecule has 0 aliphatic rings. The van der Waals surface area contributed by atoms with Crippen molar-refractivity contribution >= 4 is 5.91 Å². The molecule has 0 radical (unpaired) electrons. The maximum Gasteiger partial charge on any atom is 0.242 e. The Morgan fingerprint density at radius 2 is 2.00 bits per heavy atom. The average Bonchev–Trinajstić information content (AvgIpc) is 3.03. The second-order valence-corrected chi connectivity index (χ2v) is 7.20. The lowest BCUT2D eigenvalue weighted by atomic mass is 9.86. The first kappa shape index (κ1) is 17.2. The van der Waals surface area contributed by atoms with Gasteiger partial charge >= 0.3 is 0 Å². The van der Waals surface area contributed by atoms with Gasteiger partial charge < -0.3 is 9.88 Å². The van der Waals surface area contributed by atoms with Crippen LogP contribution < -0.4 is 5.32 Å². The molecular formula is C17H27N5O. The lowest BCUT2D eigenvalue weighted by Gasteiger charge is -2.31. The normalized spacial score (nSPS) is 13.1. The van der Waals surface area contributed by atoms with Gasteiger partial charge in [0.25, 0.3) is 0 Å². The molecule has 6 heteroatoms. The van der Waals surface area contributed by atoms with Crippen LogP contribution in [0.4, 0.5) is 0 Å². The van der Waals surface area contributed by atoms with Crippen LogP contribution in [-0.4, -0.2) is 31.3 Å². The molecule has 2 aromatic rings. The summed E-state index contributed by atoms with van der Waals surface area (Å²) in [6.45, 7) is 13.3. The van der Waals surface area contributed by atoms with Crippen LogP contribution in [0.3, 0.4) is 0 Å². The van der Waals surface area contributed by atoms with Crippen LogP contribution in [0, 0.1) is 26.2 Å². The number of nitrogens with zero attached hydrogens (tertiary/aromatic N) is 4. The van der Waals surface area contributed by atoms with Gasteiger partial charge in [0, 0.05) is 24.6 Å². The molecule has 1 N–H and O–H groups in total. The fraction of sp³-hybridized carbons (Fsp3) is 0.588. The van der Waals surface area contributed by atoms with Crippen LogP contribution in [0.1, 0.15) is 37.7 Å². The number of amides is 1. The number of hydrogen-bond donors (Lipinski definition) is 1. The molecule has 0 aliphatic carbocycles. The number of hydrogen-bond acceptors (Lipinski definition) is 3. The molecule has 2 heterocycles. The smallest absolute Gasteiger partial charge is 0.242 e. The Morgan fingerprint density at radius 3 is 2.48 bits per heavy atom. The summed E-state index contributed by atoms with van der Waals surface area (Å²) < 4.78 is 3.76. The van der Waals surface area contributed by atoms with Gasteiger partial charge in [-0.25, -0.2) is 4.98 Å². The summed E-state index contributed by atoms with van der Waals surface area (Å²) in [5, 5.41) is 7.59. The van der Waals surface area contributed by atoms with Crippen LogP contribution >= 0.6 is 0 Å². The maximum absolute atomic E-state index is 12.5. The molecule has 126 valence electrons. The highest BCUT2D eigenvalue weighted by atomic mass is 16.2. The van der Waals surface area contributed by atoms with Crippen molar-refractivity contribution < 1.29 is 4.79 Å². The van der Waals surface area contributed by atoms with Gasteiger partial charge in [0.2, 0.25) is 5.91 Å². The third kappa shape index (κ3) is 4.21. The minimum atomic E-state index is -0.0507. The minimum Gasteiger partial charge on any atom is -0.349 e. The molecule has 2 aromatic heterocycles. The van der Waals surface area contributed by atoms with Gasteiger partial charge in [-0.3, -0.25) is 9.48 Å². The van der Waals surface area contributed by atoms with Crippen LogP contribution in [0.2, 0.25) is 0 Å². The second kappa shape index (κ2) is 6.56. The van der Waals surface area contributed by atoms with E-state index in [1.165, 1.54) is 0 Å². The summed E-state index contributed by atoms with van der Waals surface area (Å²) in [4.78, 5) is 16.5. The van der Waals surface area contributed by atoms with E-state index in [-0.39, 0.29) is 23.9 Å². The standard InChI is InChI=1S/C17H27N5O/c1-12-13(2)20-22(14(12)3)10-16(23)19-15(17(4,5)6)9-21-8-7-18-11-21/h7-8,11,15H,9-10H2,1-6H3,(H,19,23)/t15-/m1/s1. The van der Waals surface area contributed by atoms with Gasteiger partial charge in [0.05, 0.1) is 18.1 Å². The van der Waals surface area contributed by atoms with Gasteiger partial charge in [-0.2, -0.15) is 5.10 Å². The third-order valence-corrected chi connectivity index (χ3v) is 4.37. The van der Waals surface area contributed by atoms with Crippen LogP contribution in [0.25, 0.3) is 0 Å². The Kier molecular flexibility index (Phi) is 4.92. The number of aromatic nitrogens is 4. The first-order valence-electron chi connectivity index (χ1n) is 7.94. The molecule has 0 spiro atoms. The molecule has 1 amide bonds. The molecule has 0 aromatic carbocycles. The predicted octanol–water partition coefficient (Wildman–Crippen LogP) is 2.24. The van der Waals surface area contributed by atoms with E-state index in [0.717, 1.165) is 17.0 Å². The number of carbonyl (C=O) groups is 1. The van der Waals surface area contributed by atoms with E-state index >= 15 is 0 Å². The molecule has 0 unspecified atom stereocenters. The Labute approximate surface area is 137 Å². The first-order valence-corrected chi connectivity index (χ1v) is 7.94. The van der Waals surface area contributed by atoms with Crippen molar-refractivity contribution in [2.75, 3.05) is 0 Å². The molecular weight excluding hydrogens is 290 g/mol. The molecule has 6 nitrogen and oxygen atoms in total. The van der Waals surface area contributed by atoms with Crippen molar-refractivity contribution in [3.05, 3.63) is 35.7 Å². The lowest BCUT2D eigenvalue weighted by molar-refractivity contribution is -0.123. The number of rotatable bonds is 5. The highest BCUT2D eigenvalue weighted by molar-refractivity contribution is 5.76. The average molecular weight is 317 g/mol. The zero-order chi connectivity index (χ0) is 17.2. The van der Waals surface area contributed by atoms with Gasteiger partial charge in [-0.15, -0.1) is 0 Å². The van der Waals surface area contributed by atoms with E-state index in [1.54, 1.807) is 17.2 Å². The summed E-state index contributed by atoms with van der Waals surface area (Å²) in [5.74, 6) is -0.0179. The van der Waals surface area contributed by atoms with Crippen LogP contribution in [-0.2, 0) is 17.9 Å². The van der Waals surface area contributed by atoms with Crippen molar-refractivity contribution in [3.8, 4) is 0 Å². The molecule has 23 heavy (non-hydrogen) atoms. The molecule has 0 bridgehead atoms. The molecule has 0 saturated carbocycles. The van der Waals surface area contributed by atoms with Gasteiger partial charge in [0.15, 0.2) is 0 Å². The molecule has 0 fully saturated rings. The largest absolute Gasteiger partial charge is 0.349 e. The maximum atomic E-state index is 12.5. The number of imidazole rings is 1. The van der Waals surface area contributed by atoms with Crippen molar-refractivity contribution in [3.63, 3.8) is 0 Å². The Morgan fingerprint density at radius 1 is 1.30 bits per heavy atom. The minimum absolute atomic E-state index is 0.0160. The Balaban J connectivity index is 2.06. The van der Waals surface area contributed by atoms with Crippen molar-refractivity contribution in [2.45, 2.75) is 60.7 Å². The van der Waals surface area contributed by atoms with E-state index in [1.807, 2.05) is 31.5 Å². The number of nitrogens with one attached hydrogen (secondary N) is 1. The monoisotopic (exact) mass is 317 g/mol. The highest BCUT2D eigenvalue weighted by Crippen LogP contribution is 2.21. The van der Waals surface area contributed by atoms with E-state index in [0.29, 0.717) is 6.54 Å². The Hall–Kier alpha value is -2.11. The van der Waals surface area contributed by atoms with Crippen molar-refractivity contribution in [2.24, 2.45) is 5.41 Å². The van der Waals surface area contributed by atoms with Gasteiger partial charge in [-0.05, 0) is 31.7 Å². The lowest BCUT2D eigenvalue weighted by Crippen LogP contribution is -2.47. The Bertz CT molecular complexity index is 664. The van der Waals surface area contributed by atoms with Crippen LogP contribution in [0.15, 0.2) is 18.7 Å². The predicted molar refractivity (Wildman–Crippen MR) is 90.1 cm³/mol. The SMILES string of the molecule is Cc1nn(CC(=O)N[C@H](Cn2ccnc2)C(C)(C)C)c(C)c1C. The summed E-state index contributed by atoms with van der Waals surface area (Å²) in [5.41, 5.74) is 3.11. The number of carbonyl (C=O) groups excluding carboxylic acids is 1. The summed E-state index contributed by atoms with van der Waals surface area (Å²) in [6.07, 6.45) is 5.44. The van der Waals surface area contributed by atoms with Gasteiger partial charge in [0.1, 0.15) is 6.54 Å². The number of aryl methyl sites for hydroxylation is 1. The molecule has 1 atom stereocenters. The topological polar surface area (TPSA) is 64.7 Å². The highest BCUT2D eigenvalue weighted by Gasteiger charge is 2.27. The fourth-order valence-corrected chi connectivity index (χ4v) is 2.46.